The number of hydrazone groups is 1. The van der Waals surface area contributed by atoms with Gasteiger partial charge in [0.15, 0.2) is 5.76 Å². The lowest BCUT2D eigenvalue weighted by molar-refractivity contribution is 0.0946. The van der Waals surface area contributed by atoms with E-state index in [-0.39, 0.29) is 17.2 Å². The normalized spacial score (nSPS) is 14.2. The van der Waals surface area contributed by atoms with Crippen molar-refractivity contribution < 1.29 is 18.4 Å². The van der Waals surface area contributed by atoms with E-state index in [0.29, 0.717) is 36.4 Å². The second-order valence-corrected chi connectivity index (χ2v) is 7.57. The predicted octanol–water partition coefficient (Wildman–Crippen LogP) is 4.86. The lowest BCUT2D eigenvalue weighted by atomic mass is 9.93. The molecule has 32 heavy (non-hydrogen) atoms. The zero-order valence-corrected chi connectivity index (χ0v) is 18.0. The third kappa shape index (κ3) is 4.06. The summed E-state index contributed by atoms with van der Waals surface area (Å²) >= 11 is 0. The molecule has 0 atom stereocenters. The first kappa shape index (κ1) is 21.5. The zero-order chi connectivity index (χ0) is 22.7. The molecule has 1 heterocycles. The molecule has 6 nitrogen and oxygen atoms in total. The van der Waals surface area contributed by atoms with Crippen LogP contribution < -0.4 is 10.3 Å². The summed E-state index contributed by atoms with van der Waals surface area (Å²) in [7, 11) is 0. The standard InChI is InChI=1S/C25H24FN3O3/c1-3-29(17-10-5-4-6-11-17)25(31)23-16(2)22-20(14-9-15-21(22)32-23)27-28-24(30)18-12-7-8-13-19(18)26/h4-8,10-13H,3,9,14-15H2,1-2H3,(H,28,30)/b27-20+. The molecule has 1 aliphatic carbocycles. The van der Waals surface area contributed by atoms with Gasteiger partial charge in [-0.3, -0.25) is 9.59 Å². The molecular weight excluding hydrogens is 409 g/mol. The van der Waals surface area contributed by atoms with Crippen LogP contribution in [0.2, 0.25) is 0 Å². The summed E-state index contributed by atoms with van der Waals surface area (Å²) in [6, 6.07) is 15.2. The van der Waals surface area contributed by atoms with Crippen molar-refractivity contribution in [3.8, 4) is 0 Å². The minimum absolute atomic E-state index is 0.0749. The van der Waals surface area contributed by atoms with Crippen LogP contribution in [0.4, 0.5) is 10.1 Å². The van der Waals surface area contributed by atoms with Gasteiger partial charge in [-0.15, -0.1) is 0 Å². The Labute approximate surface area is 185 Å². The number of aryl methyl sites for hydroxylation is 1. The van der Waals surface area contributed by atoms with Gasteiger partial charge in [-0.25, -0.2) is 9.82 Å². The SMILES string of the molecule is CCN(C(=O)c1oc2c(c1C)/C(=N/NC(=O)c1ccccc1F)CCC2)c1ccccc1. The fourth-order valence-corrected chi connectivity index (χ4v) is 3.98. The number of halogens is 1. The number of carbonyl (C=O) groups is 2. The lowest BCUT2D eigenvalue weighted by Gasteiger charge is -2.20. The highest BCUT2D eigenvalue weighted by Crippen LogP contribution is 2.31. The molecule has 1 N–H and O–H groups in total. The van der Waals surface area contributed by atoms with Gasteiger partial charge in [-0.1, -0.05) is 30.3 Å². The number of hydrogen-bond donors (Lipinski definition) is 1. The first-order valence-corrected chi connectivity index (χ1v) is 10.6. The minimum atomic E-state index is -0.624. The van der Waals surface area contributed by atoms with Gasteiger partial charge in [-0.05, 0) is 51.0 Å². The molecule has 0 radical (unpaired) electrons. The van der Waals surface area contributed by atoms with E-state index in [1.807, 2.05) is 44.2 Å². The molecule has 4 rings (SSSR count). The maximum Gasteiger partial charge on any atom is 0.294 e. The van der Waals surface area contributed by atoms with E-state index in [9.17, 15) is 14.0 Å². The molecule has 3 aromatic rings. The largest absolute Gasteiger partial charge is 0.455 e. The maximum atomic E-state index is 13.9. The zero-order valence-electron chi connectivity index (χ0n) is 18.0. The van der Waals surface area contributed by atoms with E-state index >= 15 is 0 Å². The number of anilines is 1. The van der Waals surface area contributed by atoms with Crippen molar-refractivity contribution in [2.45, 2.75) is 33.1 Å². The third-order valence-corrected chi connectivity index (χ3v) is 5.56. The summed E-state index contributed by atoms with van der Waals surface area (Å²) in [6.45, 7) is 4.23. The summed E-state index contributed by atoms with van der Waals surface area (Å²) in [6.07, 6.45) is 2.08. The average Bonchev–Trinajstić information content (AvgIpc) is 3.16. The number of nitrogens with zero attached hydrogens (tertiary/aromatic N) is 2. The Morgan fingerprint density at radius 1 is 1.09 bits per heavy atom. The van der Waals surface area contributed by atoms with Gasteiger partial charge in [0.2, 0.25) is 0 Å². The second kappa shape index (κ2) is 9.18. The van der Waals surface area contributed by atoms with Gasteiger partial charge < -0.3 is 9.32 Å². The van der Waals surface area contributed by atoms with Gasteiger partial charge >= 0.3 is 0 Å². The molecule has 0 saturated heterocycles. The number of nitrogens with one attached hydrogen (secondary N) is 1. The van der Waals surface area contributed by atoms with E-state index in [0.717, 1.165) is 17.7 Å². The van der Waals surface area contributed by atoms with Crippen molar-refractivity contribution >= 4 is 23.2 Å². The fraction of sp³-hybridized carbons (Fsp3) is 0.240. The van der Waals surface area contributed by atoms with Crippen LogP contribution >= 0.6 is 0 Å². The first-order chi connectivity index (χ1) is 15.5. The third-order valence-electron chi connectivity index (χ3n) is 5.56. The Morgan fingerprint density at radius 2 is 1.81 bits per heavy atom. The van der Waals surface area contributed by atoms with E-state index in [1.165, 1.54) is 18.2 Å². The number of hydrogen-bond acceptors (Lipinski definition) is 4. The number of rotatable bonds is 5. The first-order valence-electron chi connectivity index (χ1n) is 10.6. The van der Waals surface area contributed by atoms with Crippen LogP contribution in [0.5, 0.6) is 0 Å². The Bertz CT molecular complexity index is 1180. The summed E-state index contributed by atoms with van der Waals surface area (Å²) in [5.74, 6) is -0.500. The van der Waals surface area contributed by atoms with Crippen LogP contribution in [0, 0.1) is 12.7 Å². The Kier molecular flexibility index (Phi) is 6.16. The molecule has 2 amide bonds. The van der Waals surface area contributed by atoms with E-state index in [4.69, 9.17) is 4.42 Å². The van der Waals surface area contributed by atoms with Crippen molar-refractivity contribution in [3.05, 3.63) is 88.6 Å². The molecule has 0 fully saturated rings. The number of carbonyl (C=O) groups excluding carboxylic acids is 2. The molecule has 0 unspecified atom stereocenters. The summed E-state index contributed by atoms with van der Waals surface area (Å²) < 4.78 is 19.9. The summed E-state index contributed by atoms with van der Waals surface area (Å²) in [4.78, 5) is 27.3. The van der Waals surface area contributed by atoms with Crippen molar-refractivity contribution in [2.24, 2.45) is 5.10 Å². The van der Waals surface area contributed by atoms with Gasteiger partial charge in [0, 0.05) is 29.8 Å². The van der Waals surface area contributed by atoms with Crippen molar-refractivity contribution in [1.29, 1.82) is 0 Å². The van der Waals surface area contributed by atoms with Gasteiger partial charge in [0.25, 0.3) is 11.8 Å². The van der Waals surface area contributed by atoms with Crippen molar-refractivity contribution in [2.75, 3.05) is 11.4 Å². The van der Waals surface area contributed by atoms with E-state index in [1.54, 1.807) is 11.0 Å². The minimum Gasteiger partial charge on any atom is -0.455 e. The van der Waals surface area contributed by atoms with Crippen LogP contribution in [-0.4, -0.2) is 24.1 Å². The molecule has 0 saturated carbocycles. The molecule has 0 aliphatic heterocycles. The van der Waals surface area contributed by atoms with Crippen molar-refractivity contribution in [3.63, 3.8) is 0 Å². The number of benzene rings is 2. The van der Waals surface area contributed by atoms with Crippen molar-refractivity contribution in [1.82, 2.24) is 5.43 Å². The van der Waals surface area contributed by atoms with Crippen LogP contribution in [0.15, 0.2) is 64.1 Å². The number of fused-ring (bicyclic) bond motifs is 1. The molecule has 1 aromatic heterocycles. The van der Waals surface area contributed by atoms with Crippen LogP contribution in [0.1, 0.15) is 57.6 Å². The molecule has 0 spiro atoms. The smallest absolute Gasteiger partial charge is 0.294 e. The highest BCUT2D eigenvalue weighted by Gasteiger charge is 2.30. The monoisotopic (exact) mass is 433 g/mol. The van der Waals surface area contributed by atoms with E-state index in [2.05, 4.69) is 10.5 Å². The number of para-hydroxylation sites is 1. The van der Waals surface area contributed by atoms with Crippen LogP contribution in [-0.2, 0) is 6.42 Å². The summed E-state index contributed by atoms with van der Waals surface area (Å²) in [5, 5.41) is 4.26. The van der Waals surface area contributed by atoms with Gasteiger partial charge in [-0.2, -0.15) is 5.10 Å². The highest BCUT2D eigenvalue weighted by atomic mass is 19.1. The summed E-state index contributed by atoms with van der Waals surface area (Å²) in [5.41, 5.74) is 5.23. The second-order valence-electron chi connectivity index (χ2n) is 7.57. The topological polar surface area (TPSA) is 74.9 Å². The van der Waals surface area contributed by atoms with E-state index < -0.39 is 11.7 Å². The molecular formula is C25H24FN3O3. The Morgan fingerprint density at radius 3 is 2.53 bits per heavy atom. The highest BCUT2D eigenvalue weighted by molar-refractivity contribution is 6.10. The molecule has 164 valence electrons. The maximum absolute atomic E-state index is 13.9. The van der Waals surface area contributed by atoms with Crippen LogP contribution in [0.3, 0.4) is 0 Å². The molecule has 0 bridgehead atoms. The number of furan rings is 1. The molecule has 2 aromatic carbocycles. The Hall–Kier alpha value is -3.74. The fourth-order valence-electron chi connectivity index (χ4n) is 3.98. The predicted molar refractivity (Wildman–Crippen MR) is 121 cm³/mol. The lowest BCUT2D eigenvalue weighted by Crippen LogP contribution is -2.30. The van der Waals surface area contributed by atoms with Crippen LogP contribution in [0.25, 0.3) is 0 Å². The number of amides is 2. The van der Waals surface area contributed by atoms with Gasteiger partial charge in [0.05, 0.1) is 11.3 Å². The molecule has 7 heteroatoms. The van der Waals surface area contributed by atoms with Gasteiger partial charge in [0.1, 0.15) is 11.6 Å². The Balaban J connectivity index is 1.63. The molecule has 1 aliphatic rings. The quantitative estimate of drug-likeness (QED) is 0.584. The average molecular weight is 433 g/mol.